The van der Waals surface area contributed by atoms with Crippen LogP contribution in [0.3, 0.4) is 0 Å². The van der Waals surface area contributed by atoms with Crippen LogP contribution in [-0.4, -0.2) is 19.4 Å². The number of imidazole rings is 1. The molecule has 96 valence electrons. The minimum atomic E-state index is -0.586. The van der Waals surface area contributed by atoms with Gasteiger partial charge in [-0.3, -0.25) is 9.38 Å². The molecule has 3 aromatic rings. The molecule has 3 aromatic heterocycles. The lowest BCUT2D eigenvalue weighted by molar-refractivity contribution is 0.474. The summed E-state index contributed by atoms with van der Waals surface area (Å²) in [5.41, 5.74) is 9.61. The van der Waals surface area contributed by atoms with Gasteiger partial charge >= 0.3 is 0 Å². The third-order valence-electron chi connectivity index (χ3n) is 3.21. The van der Waals surface area contributed by atoms with Gasteiger partial charge < -0.3 is 5.73 Å². The Kier molecular flexibility index (Phi) is 2.63. The average molecular weight is 257 g/mol. The zero-order valence-electron chi connectivity index (χ0n) is 10.3. The number of nitrogens with two attached hydrogens (primary N) is 1. The summed E-state index contributed by atoms with van der Waals surface area (Å²) in [4.78, 5) is 12.2. The molecule has 0 bridgehead atoms. The number of alkyl halides is 1. The van der Waals surface area contributed by atoms with E-state index >= 15 is 0 Å². The first-order valence-electron chi connectivity index (χ1n) is 5.79. The summed E-state index contributed by atoms with van der Waals surface area (Å²) in [6.45, 7) is 1.26. The van der Waals surface area contributed by atoms with Gasteiger partial charge in [0.25, 0.3) is 0 Å². The number of hydrogen-bond donors (Lipinski definition) is 1. The molecule has 0 amide bonds. The van der Waals surface area contributed by atoms with Gasteiger partial charge in [-0.2, -0.15) is 0 Å². The normalized spacial score (nSPS) is 11.1. The molecule has 0 aliphatic rings. The van der Waals surface area contributed by atoms with Crippen molar-refractivity contribution in [3.8, 4) is 11.1 Å². The molecule has 19 heavy (non-hydrogen) atoms. The third kappa shape index (κ3) is 1.72. The zero-order valence-corrected chi connectivity index (χ0v) is 10.3. The average Bonchev–Trinajstić information content (AvgIpc) is 2.90. The number of halogens is 1. The van der Waals surface area contributed by atoms with Crippen LogP contribution >= 0.6 is 0 Å². The van der Waals surface area contributed by atoms with Gasteiger partial charge in [-0.25, -0.2) is 14.4 Å². The first-order valence-corrected chi connectivity index (χ1v) is 5.79. The number of nitrogen functional groups attached to an aromatic ring is 1. The SMILES string of the molecule is Cc1c(-c2cnc(N)n3cncc23)ccnc1CF. The molecule has 3 heterocycles. The van der Waals surface area contributed by atoms with Gasteiger partial charge in [0.2, 0.25) is 5.95 Å². The first kappa shape index (κ1) is 11.6. The van der Waals surface area contributed by atoms with Gasteiger partial charge in [0.05, 0.1) is 17.4 Å². The predicted octanol–water partition coefficient (Wildman–Crippen LogP) is 2.15. The van der Waals surface area contributed by atoms with Crippen LogP contribution < -0.4 is 5.73 Å². The lowest BCUT2D eigenvalue weighted by Gasteiger charge is -2.10. The van der Waals surface area contributed by atoms with Crippen molar-refractivity contribution in [2.75, 3.05) is 5.73 Å². The van der Waals surface area contributed by atoms with Gasteiger partial charge in [0, 0.05) is 18.0 Å². The Labute approximate surface area is 109 Å². The van der Waals surface area contributed by atoms with E-state index in [1.54, 1.807) is 29.3 Å². The predicted molar refractivity (Wildman–Crippen MR) is 70.2 cm³/mol. The van der Waals surface area contributed by atoms with Crippen molar-refractivity contribution in [1.82, 2.24) is 19.4 Å². The summed E-state index contributed by atoms with van der Waals surface area (Å²) in [5.74, 6) is 0.369. The molecule has 5 nitrogen and oxygen atoms in total. The molecule has 0 spiro atoms. The number of hydrogen-bond acceptors (Lipinski definition) is 4. The van der Waals surface area contributed by atoms with Crippen molar-refractivity contribution in [1.29, 1.82) is 0 Å². The summed E-state index contributed by atoms with van der Waals surface area (Å²) in [6, 6.07) is 1.84. The van der Waals surface area contributed by atoms with Crippen LogP contribution in [0.4, 0.5) is 10.3 Å². The second-order valence-electron chi connectivity index (χ2n) is 4.24. The van der Waals surface area contributed by atoms with Crippen LogP contribution in [0.15, 0.2) is 31.0 Å². The standard InChI is InChI=1S/C13H12FN5/c1-8-9(2-3-17-11(8)4-14)10-5-18-13(15)19-7-16-6-12(10)19/h2-3,5-7H,4H2,1H3,(H2,15,18). The lowest BCUT2D eigenvalue weighted by atomic mass is 10.0. The second kappa shape index (κ2) is 4.31. The van der Waals surface area contributed by atoms with Crippen molar-refractivity contribution >= 4 is 11.5 Å². The molecule has 0 saturated carbocycles. The smallest absolute Gasteiger partial charge is 0.206 e. The highest BCUT2D eigenvalue weighted by molar-refractivity contribution is 5.82. The molecule has 6 heteroatoms. The molecule has 0 unspecified atom stereocenters. The van der Waals surface area contributed by atoms with E-state index in [0.29, 0.717) is 11.6 Å². The van der Waals surface area contributed by atoms with E-state index < -0.39 is 6.67 Å². The van der Waals surface area contributed by atoms with E-state index in [9.17, 15) is 4.39 Å². The highest BCUT2D eigenvalue weighted by atomic mass is 19.1. The number of fused-ring (bicyclic) bond motifs is 1. The number of nitrogens with zero attached hydrogens (tertiary/aromatic N) is 4. The minimum Gasteiger partial charge on any atom is -0.369 e. The van der Waals surface area contributed by atoms with Gasteiger partial charge in [-0.15, -0.1) is 0 Å². The molecule has 3 rings (SSSR count). The topological polar surface area (TPSA) is 69.1 Å². The quantitative estimate of drug-likeness (QED) is 0.763. The Morgan fingerprint density at radius 3 is 2.89 bits per heavy atom. The van der Waals surface area contributed by atoms with Gasteiger partial charge in [-0.1, -0.05) is 0 Å². The van der Waals surface area contributed by atoms with E-state index in [1.165, 1.54) is 0 Å². The monoisotopic (exact) mass is 257 g/mol. The molecular weight excluding hydrogens is 245 g/mol. The Hall–Kier alpha value is -2.50. The van der Waals surface area contributed by atoms with E-state index in [0.717, 1.165) is 22.2 Å². The fourth-order valence-corrected chi connectivity index (χ4v) is 2.15. The number of anilines is 1. The van der Waals surface area contributed by atoms with Crippen LogP contribution in [0.2, 0.25) is 0 Å². The summed E-state index contributed by atoms with van der Waals surface area (Å²) < 4.78 is 14.6. The molecule has 0 atom stereocenters. The summed E-state index contributed by atoms with van der Waals surface area (Å²) in [5, 5.41) is 0. The molecule has 0 radical (unpaired) electrons. The van der Waals surface area contributed by atoms with E-state index in [1.807, 2.05) is 13.0 Å². The maximum Gasteiger partial charge on any atom is 0.206 e. The fourth-order valence-electron chi connectivity index (χ4n) is 2.15. The Morgan fingerprint density at radius 2 is 2.11 bits per heavy atom. The Morgan fingerprint density at radius 1 is 1.26 bits per heavy atom. The second-order valence-corrected chi connectivity index (χ2v) is 4.24. The molecule has 0 saturated heterocycles. The molecular formula is C13H12FN5. The number of aromatic nitrogens is 4. The van der Waals surface area contributed by atoms with Crippen LogP contribution in [0, 0.1) is 6.92 Å². The largest absolute Gasteiger partial charge is 0.369 e. The van der Waals surface area contributed by atoms with Crippen LogP contribution in [-0.2, 0) is 6.67 Å². The summed E-state index contributed by atoms with van der Waals surface area (Å²) in [7, 11) is 0. The maximum absolute atomic E-state index is 12.9. The summed E-state index contributed by atoms with van der Waals surface area (Å²) in [6.07, 6.45) is 6.59. The number of pyridine rings is 1. The van der Waals surface area contributed by atoms with E-state index in [-0.39, 0.29) is 0 Å². The third-order valence-corrected chi connectivity index (χ3v) is 3.21. The zero-order chi connectivity index (χ0) is 13.4. The van der Waals surface area contributed by atoms with Gasteiger partial charge in [0.1, 0.15) is 13.0 Å². The number of rotatable bonds is 2. The van der Waals surface area contributed by atoms with Crippen molar-refractivity contribution in [2.24, 2.45) is 0 Å². The van der Waals surface area contributed by atoms with E-state index in [4.69, 9.17) is 5.73 Å². The molecule has 0 fully saturated rings. The van der Waals surface area contributed by atoms with Crippen molar-refractivity contribution in [2.45, 2.75) is 13.6 Å². The summed E-state index contributed by atoms with van der Waals surface area (Å²) >= 11 is 0. The van der Waals surface area contributed by atoms with Crippen LogP contribution in [0.1, 0.15) is 11.3 Å². The highest BCUT2D eigenvalue weighted by Crippen LogP contribution is 2.28. The first-order chi connectivity index (χ1) is 9.22. The van der Waals surface area contributed by atoms with Crippen LogP contribution in [0.5, 0.6) is 0 Å². The van der Waals surface area contributed by atoms with E-state index in [2.05, 4.69) is 15.0 Å². The highest BCUT2D eigenvalue weighted by Gasteiger charge is 2.12. The Bertz CT molecular complexity index is 750. The van der Waals surface area contributed by atoms with Gasteiger partial charge in [0.15, 0.2) is 0 Å². The molecule has 2 N–H and O–H groups in total. The van der Waals surface area contributed by atoms with Crippen molar-refractivity contribution in [3.63, 3.8) is 0 Å². The maximum atomic E-state index is 12.9. The molecule has 0 aromatic carbocycles. The Balaban J connectivity index is 2.31. The fraction of sp³-hybridized carbons (Fsp3) is 0.154. The lowest BCUT2D eigenvalue weighted by Crippen LogP contribution is -2.01. The van der Waals surface area contributed by atoms with Gasteiger partial charge in [-0.05, 0) is 24.1 Å². The van der Waals surface area contributed by atoms with Crippen molar-refractivity contribution in [3.05, 3.63) is 42.2 Å². The van der Waals surface area contributed by atoms with Crippen LogP contribution in [0.25, 0.3) is 16.6 Å². The molecule has 0 aliphatic carbocycles. The van der Waals surface area contributed by atoms with Crippen molar-refractivity contribution < 1.29 is 4.39 Å². The molecule has 0 aliphatic heterocycles. The minimum absolute atomic E-state index is 0.369.